The Hall–Kier alpha value is -0.340. The minimum atomic E-state index is 0.256. The molecule has 0 aromatic carbocycles. The normalized spacial score (nSPS) is 51.7. The molecule has 0 amide bonds. The van der Waals surface area contributed by atoms with Gasteiger partial charge in [0.15, 0.2) is 0 Å². The highest BCUT2D eigenvalue weighted by Crippen LogP contribution is 2.70. The van der Waals surface area contributed by atoms with Gasteiger partial charge in [0.1, 0.15) is 0 Å². The third-order valence-electron chi connectivity index (χ3n) is 13.4. The average Bonchev–Trinajstić information content (AvgIpc) is 2.90. The maximum atomic E-state index is 6.05. The Labute approximate surface area is 211 Å². The number of fused-ring (bicyclic) bond motifs is 6. The SMILES string of the molecule is CO[C@H]1CC[C@@]2(C)[C@H](CC=C3C[C@@]4(C)CC[C@H]5C(C)(C)[C@@H](OC)CC[C@]5(C)[C@H]4CC[C@@H]32)C1(C)C. The Balaban J connectivity index is 1.48. The van der Waals surface area contributed by atoms with Gasteiger partial charge in [-0.1, -0.05) is 60.1 Å². The van der Waals surface area contributed by atoms with E-state index in [4.69, 9.17) is 9.47 Å². The van der Waals surface area contributed by atoms with Gasteiger partial charge in [0, 0.05) is 14.2 Å². The van der Waals surface area contributed by atoms with E-state index in [9.17, 15) is 0 Å². The molecule has 9 atom stereocenters. The van der Waals surface area contributed by atoms with Gasteiger partial charge in [-0.3, -0.25) is 0 Å². The summed E-state index contributed by atoms with van der Waals surface area (Å²) in [6, 6.07) is 0. The van der Waals surface area contributed by atoms with E-state index in [2.05, 4.69) is 54.5 Å². The Morgan fingerprint density at radius 2 is 1.24 bits per heavy atom. The van der Waals surface area contributed by atoms with Crippen LogP contribution in [0.15, 0.2) is 11.6 Å². The van der Waals surface area contributed by atoms with Gasteiger partial charge in [-0.2, -0.15) is 0 Å². The third-order valence-corrected chi connectivity index (χ3v) is 13.4. The van der Waals surface area contributed by atoms with E-state index >= 15 is 0 Å². The summed E-state index contributed by atoms with van der Waals surface area (Å²) in [5.41, 5.74) is 3.73. The van der Waals surface area contributed by atoms with Gasteiger partial charge in [0.2, 0.25) is 0 Å². The minimum Gasteiger partial charge on any atom is -0.381 e. The zero-order chi connectivity index (χ0) is 24.7. The lowest BCUT2D eigenvalue weighted by molar-refractivity contribution is -0.178. The number of allylic oxidation sites excluding steroid dienone is 2. The Kier molecular flexibility index (Phi) is 6.01. The summed E-state index contributed by atoms with van der Waals surface area (Å²) >= 11 is 0. The average molecular weight is 471 g/mol. The van der Waals surface area contributed by atoms with Crippen molar-refractivity contribution >= 4 is 0 Å². The van der Waals surface area contributed by atoms with E-state index in [-0.39, 0.29) is 10.8 Å². The van der Waals surface area contributed by atoms with Crippen molar-refractivity contribution in [3.8, 4) is 0 Å². The molecule has 0 heterocycles. The summed E-state index contributed by atoms with van der Waals surface area (Å²) in [7, 11) is 3.88. The van der Waals surface area contributed by atoms with Crippen LogP contribution in [-0.2, 0) is 9.47 Å². The second-order valence-corrected chi connectivity index (χ2v) is 15.4. The second kappa shape index (κ2) is 8.08. The Morgan fingerprint density at radius 1 is 0.647 bits per heavy atom. The Bertz CT molecular complexity index is 825. The Morgan fingerprint density at radius 3 is 1.85 bits per heavy atom. The molecule has 4 fully saturated rings. The lowest BCUT2D eigenvalue weighted by Gasteiger charge is -2.64. The summed E-state index contributed by atoms with van der Waals surface area (Å²) in [4.78, 5) is 0. The fourth-order valence-electron chi connectivity index (χ4n) is 11.8. The predicted octanol–water partition coefficient (Wildman–Crippen LogP) is 8.45. The molecule has 0 bridgehead atoms. The number of hydrogen-bond donors (Lipinski definition) is 0. The molecule has 0 aromatic rings. The first-order valence-electron chi connectivity index (χ1n) is 14.6. The zero-order valence-corrected chi connectivity index (χ0v) is 23.9. The highest BCUT2D eigenvalue weighted by atomic mass is 16.5. The summed E-state index contributed by atoms with van der Waals surface area (Å²) in [6.07, 6.45) is 17.0. The number of methoxy groups -OCH3 is 2. The first-order chi connectivity index (χ1) is 15.8. The van der Waals surface area contributed by atoms with E-state index in [1.54, 1.807) is 0 Å². The highest BCUT2D eigenvalue weighted by molar-refractivity contribution is 5.25. The van der Waals surface area contributed by atoms with E-state index in [0.717, 1.165) is 23.7 Å². The monoisotopic (exact) mass is 470 g/mol. The van der Waals surface area contributed by atoms with Gasteiger partial charge in [0.25, 0.3) is 0 Å². The summed E-state index contributed by atoms with van der Waals surface area (Å²) < 4.78 is 12.1. The van der Waals surface area contributed by atoms with Gasteiger partial charge >= 0.3 is 0 Å². The molecule has 0 aromatic heterocycles. The first kappa shape index (κ1) is 25.3. The lowest BCUT2D eigenvalue weighted by atomic mass is 9.42. The van der Waals surface area contributed by atoms with Crippen molar-refractivity contribution in [3.05, 3.63) is 11.6 Å². The molecule has 4 saturated carbocycles. The van der Waals surface area contributed by atoms with E-state index < -0.39 is 0 Å². The van der Waals surface area contributed by atoms with Gasteiger partial charge in [-0.05, 0) is 115 Å². The van der Waals surface area contributed by atoms with Gasteiger partial charge in [0.05, 0.1) is 12.2 Å². The molecule has 0 radical (unpaired) electrons. The minimum absolute atomic E-state index is 0.256. The van der Waals surface area contributed by atoms with Crippen LogP contribution in [0.5, 0.6) is 0 Å². The van der Waals surface area contributed by atoms with Crippen LogP contribution in [0.2, 0.25) is 0 Å². The molecule has 5 aliphatic carbocycles. The fraction of sp³-hybridized carbons (Fsp3) is 0.938. The lowest BCUT2D eigenvalue weighted by Crippen LogP contribution is -2.58. The quantitative estimate of drug-likeness (QED) is 0.377. The van der Waals surface area contributed by atoms with Crippen LogP contribution in [0.4, 0.5) is 0 Å². The molecule has 0 unspecified atom stereocenters. The maximum absolute atomic E-state index is 6.05. The van der Waals surface area contributed by atoms with Crippen molar-refractivity contribution in [1.29, 1.82) is 0 Å². The highest BCUT2D eigenvalue weighted by Gasteiger charge is 2.63. The van der Waals surface area contributed by atoms with Crippen molar-refractivity contribution in [2.45, 2.75) is 125 Å². The molecule has 5 aliphatic rings. The van der Waals surface area contributed by atoms with Crippen molar-refractivity contribution < 1.29 is 9.47 Å². The van der Waals surface area contributed by atoms with E-state index in [0.29, 0.717) is 28.5 Å². The molecule has 0 spiro atoms. The van der Waals surface area contributed by atoms with Gasteiger partial charge in [-0.25, -0.2) is 0 Å². The number of hydrogen-bond acceptors (Lipinski definition) is 2. The molecule has 194 valence electrons. The summed E-state index contributed by atoms with van der Waals surface area (Å²) in [5, 5.41) is 0. The molecule has 34 heavy (non-hydrogen) atoms. The second-order valence-electron chi connectivity index (χ2n) is 15.4. The summed E-state index contributed by atoms with van der Waals surface area (Å²) in [6.45, 7) is 18.1. The number of ether oxygens (including phenoxy) is 2. The number of rotatable bonds is 2. The molecule has 0 aliphatic heterocycles. The summed E-state index contributed by atoms with van der Waals surface area (Å²) in [5.74, 6) is 3.13. The van der Waals surface area contributed by atoms with E-state index in [1.807, 2.05) is 19.8 Å². The largest absolute Gasteiger partial charge is 0.381 e. The van der Waals surface area contributed by atoms with Crippen LogP contribution in [0.1, 0.15) is 113 Å². The standard InChI is InChI=1S/C32H54O2/c1-28(2)23-12-10-21-20-30(5)17-14-24-29(3,4)27(34-9)16-19-32(24,7)25(30)13-11-22(21)31(23,6)18-15-26(28)33-8/h10,22-27H,11-20H2,1-9H3/t22-,23+,24-,25-,26-,27-,30+,31+,32-/m0/s1. The van der Waals surface area contributed by atoms with Crippen molar-refractivity contribution in [2.75, 3.05) is 14.2 Å². The topological polar surface area (TPSA) is 18.5 Å². The fourth-order valence-corrected chi connectivity index (χ4v) is 11.8. The molecule has 2 nitrogen and oxygen atoms in total. The maximum Gasteiger partial charge on any atom is 0.0625 e. The van der Waals surface area contributed by atoms with Crippen LogP contribution >= 0.6 is 0 Å². The molecule has 5 rings (SSSR count). The van der Waals surface area contributed by atoms with Crippen LogP contribution in [0.3, 0.4) is 0 Å². The van der Waals surface area contributed by atoms with Crippen LogP contribution in [0, 0.1) is 50.7 Å². The molecule has 2 heteroatoms. The zero-order valence-electron chi connectivity index (χ0n) is 23.9. The smallest absolute Gasteiger partial charge is 0.0625 e. The molecular formula is C32H54O2. The van der Waals surface area contributed by atoms with Crippen molar-refractivity contribution in [2.24, 2.45) is 50.7 Å². The molecule has 0 N–H and O–H groups in total. The van der Waals surface area contributed by atoms with Crippen LogP contribution in [-0.4, -0.2) is 26.4 Å². The van der Waals surface area contributed by atoms with E-state index in [1.165, 1.54) is 64.2 Å². The van der Waals surface area contributed by atoms with Crippen LogP contribution in [0.25, 0.3) is 0 Å². The molecule has 0 saturated heterocycles. The van der Waals surface area contributed by atoms with Crippen molar-refractivity contribution in [3.63, 3.8) is 0 Å². The predicted molar refractivity (Wildman–Crippen MR) is 142 cm³/mol. The third kappa shape index (κ3) is 3.32. The van der Waals surface area contributed by atoms with Crippen molar-refractivity contribution in [1.82, 2.24) is 0 Å². The van der Waals surface area contributed by atoms with Gasteiger partial charge < -0.3 is 9.47 Å². The van der Waals surface area contributed by atoms with Crippen LogP contribution < -0.4 is 0 Å². The molecular weight excluding hydrogens is 416 g/mol. The van der Waals surface area contributed by atoms with Gasteiger partial charge in [-0.15, -0.1) is 0 Å². The first-order valence-corrected chi connectivity index (χ1v) is 14.6.